The van der Waals surface area contributed by atoms with Crippen LogP contribution in [-0.4, -0.2) is 37.2 Å². The molecule has 0 aromatic carbocycles. The maximum absolute atomic E-state index is 12.8. The molecule has 0 aliphatic heterocycles. The molecule has 0 saturated heterocycles. The second-order valence-electron chi connectivity index (χ2n) is 18.8. The smallest absolute Gasteiger partial charge is 0.306 e. The molecule has 1 atom stereocenters. The van der Waals surface area contributed by atoms with Crippen molar-refractivity contribution in [3.05, 3.63) is 60.8 Å². The fourth-order valence-electron chi connectivity index (χ4n) is 7.95. The number of ether oxygens (including phenoxy) is 3. The second kappa shape index (κ2) is 54.7. The molecule has 0 N–H and O–H groups in total. The molecule has 0 amide bonds. The Labute approximate surface area is 409 Å². The van der Waals surface area contributed by atoms with Crippen LogP contribution in [0.1, 0.15) is 284 Å². The summed E-state index contributed by atoms with van der Waals surface area (Å²) in [6.07, 6.45) is 67.7. The van der Waals surface area contributed by atoms with Gasteiger partial charge in [0.1, 0.15) is 13.2 Å². The van der Waals surface area contributed by atoms with Crippen LogP contribution in [0, 0.1) is 0 Å². The molecule has 0 fully saturated rings. The van der Waals surface area contributed by atoms with Gasteiger partial charge in [0.2, 0.25) is 0 Å². The van der Waals surface area contributed by atoms with Crippen molar-refractivity contribution < 1.29 is 28.6 Å². The van der Waals surface area contributed by atoms with Gasteiger partial charge in [0.05, 0.1) is 0 Å². The first-order valence-electron chi connectivity index (χ1n) is 28.3. The summed E-state index contributed by atoms with van der Waals surface area (Å²) in [5, 5.41) is 0. The SMILES string of the molecule is CCCCC/C=C\C/C=C\C/C=C\CCCCCCCCC(=O)OCC(COC(=O)CCCCCCCCCCCCCCCC)OC(=O)CCCCCCC/C=C\C/C=C\CCCCC. The zero-order valence-corrected chi connectivity index (χ0v) is 43.7. The molecule has 6 heteroatoms. The number of hydrogen-bond acceptors (Lipinski definition) is 6. The minimum atomic E-state index is -0.785. The van der Waals surface area contributed by atoms with Crippen molar-refractivity contribution in [3.63, 3.8) is 0 Å². The summed E-state index contributed by atoms with van der Waals surface area (Å²) in [7, 11) is 0. The molecule has 0 spiro atoms. The Morgan fingerprint density at radius 1 is 0.303 bits per heavy atom. The summed E-state index contributed by atoms with van der Waals surface area (Å²) in [5.41, 5.74) is 0. The number of carbonyl (C=O) groups is 3. The van der Waals surface area contributed by atoms with Crippen LogP contribution in [0.2, 0.25) is 0 Å². The molecule has 66 heavy (non-hydrogen) atoms. The van der Waals surface area contributed by atoms with E-state index in [2.05, 4.69) is 81.5 Å². The van der Waals surface area contributed by atoms with Gasteiger partial charge in [-0.15, -0.1) is 0 Å². The van der Waals surface area contributed by atoms with Crippen LogP contribution in [0.25, 0.3) is 0 Å². The maximum Gasteiger partial charge on any atom is 0.306 e. The van der Waals surface area contributed by atoms with Crippen LogP contribution in [0.4, 0.5) is 0 Å². The van der Waals surface area contributed by atoms with Crippen LogP contribution < -0.4 is 0 Å². The Balaban J connectivity index is 4.40. The maximum atomic E-state index is 12.8. The standard InChI is InChI=1S/C60H106O6/c1-4-7-10-13-16-19-22-25-28-29-30-31-33-35-38-41-44-47-50-53-59(62)65-56-57(55-64-58(61)52-49-46-43-40-37-34-27-24-21-18-15-12-9-6-3)66-60(63)54-51-48-45-42-39-36-32-26-23-20-17-14-11-8-5-2/h16-17,19-20,25-26,28,30-32,57H,4-15,18,21-24,27,29,33-56H2,1-3H3/b19-16-,20-17-,28-25-,31-30-,32-26-. The highest BCUT2D eigenvalue weighted by molar-refractivity contribution is 5.71. The van der Waals surface area contributed by atoms with Crippen molar-refractivity contribution in [3.8, 4) is 0 Å². The highest BCUT2D eigenvalue weighted by Crippen LogP contribution is 2.15. The number of allylic oxidation sites excluding steroid dienone is 10. The lowest BCUT2D eigenvalue weighted by Gasteiger charge is -2.18. The molecule has 0 aliphatic carbocycles. The molecule has 0 aromatic heterocycles. The minimum Gasteiger partial charge on any atom is -0.462 e. The second-order valence-corrected chi connectivity index (χ2v) is 18.8. The van der Waals surface area contributed by atoms with E-state index < -0.39 is 6.10 Å². The summed E-state index contributed by atoms with van der Waals surface area (Å²) in [6, 6.07) is 0. The molecular weight excluding hydrogens is 817 g/mol. The average Bonchev–Trinajstić information content (AvgIpc) is 3.31. The quantitative estimate of drug-likeness (QED) is 0.0262. The molecule has 0 aromatic rings. The lowest BCUT2D eigenvalue weighted by atomic mass is 10.0. The van der Waals surface area contributed by atoms with E-state index in [9.17, 15) is 14.4 Å². The van der Waals surface area contributed by atoms with Gasteiger partial charge >= 0.3 is 17.9 Å². The van der Waals surface area contributed by atoms with Crippen LogP contribution in [0.5, 0.6) is 0 Å². The third-order valence-corrected chi connectivity index (χ3v) is 12.2. The molecule has 6 nitrogen and oxygen atoms in total. The van der Waals surface area contributed by atoms with E-state index in [-0.39, 0.29) is 31.1 Å². The molecule has 0 heterocycles. The number of rotatable bonds is 51. The van der Waals surface area contributed by atoms with Crippen molar-refractivity contribution in [2.24, 2.45) is 0 Å². The number of unbranched alkanes of at least 4 members (excludes halogenated alkanes) is 30. The van der Waals surface area contributed by atoms with Gasteiger partial charge in [-0.25, -0.2) is 0 Å². The summed E-state index contributed by atoms with van der Waals surface area (Å²) in [4.78, 5) is 38.1. The Bertz CT molecular complexity index is 1200. The summed E-state index contributed by atoms with van der Waals surface area (Å²) in [6.45, 7) is 6.58. The van der Waals surface area contributed by atoms with E-state index >= 15 is 0 Å². The number of carbonyl (C=O) groups excluding carboxylic acids is 3. The van der Waals surface area contributed by atoms with Gasteiger partial charge in [0, 0.05) is 19.3 Å². The zero-order chi connectivity index (χ0) is 47.9. The largest absolute Gasteiger partial charge is 0.462 e. The third-order valence-electron chi connectivity index (χ3n) is 12.2. The van der Waals surface area contributed by atoms with Crippen molar-refractivity contribution >= 4 is 17.9 Å². The molecule has 0 aliphatic rings. The Morgan fingerprint density at radius 3 is 0.879 bits per heavy atom. The van der Waals surface area contributed by atoms with E-state index in [1.165, 1.54) is 141 Å². The van der Waals surface area contributed by atoms with Gasteiger partial charge in [-0.3, -0.25) is 14.4 Å². The molecule has 0 bridgehead atoms. The first kappa shape index (κ1) is 63.1. The van der Waals surface area contributed by atoms with Gasteiger partial charge in [-0.05, 0) is 89.9 Å². The molecule has 0 radical (unpaired) electrons. The van der Waals surface area contributed by atoms with Crippen LogP contribution >= 0.6 is 0 Å². The predicted molar refractivity (Wildman–Crippen MR) is 284 cm³/mol. The fourth-order valence-corrected chi connectivity index (χ4v) is 7.95. The van der Waals surface area contributed by atoms with Crippen LogP contribution in [0.3, 0.4) is 0 Å². The minimum absolute atomic E-state index is 0.0820. The van der Waals surface area contributed by atoms with E-state index in [1.54, 1.807) is 0 Å². The normalized spacial score (nSPS) is 12.5. The first-order chi connectivity index (χ1) is 32.5. The van der Waals surface area contributed by atoms with E-state index in [4.69, 9.17) is 14.2 Å². The molecule has 1 unspecified atom stereocenters. The van der Waals surface area contributed by atoms with Crippen LogP contribution in [-0.2, 0) is 28.6 Å². The van der Waals surface area contributed by atoms with Crippen LogP contribution in [0.15, 0.2) is 60.8 Å². The highest BCUT2D eigenvalue weighted by atomic mass is 16.6. The highest BCUT2D eigenvalue weighted by Gasteiger charge is 2.19. The number of esters is 3. The van der Waals surface area contributed by atoms with Gasteiger partial charge in [-0.2, -0.15) is 0 Å². The van der Waals surface area contributed by atoms with Gasteiger partial charge in [0.25, 0.3) is 0 Å². The third kappa shape index (κ3) is 52.1. The van der Waals surface area contributed by atoms with Crippen molar-refractivity contribution in [1.29, 1.82) is 0 Å². The van der Waals surface area contributed by atoms with Gasteiger partial charge in [-0.1, -0.05) is 236 Å². The summed E-state index contributed by atoms with van der Waals surface area (Å²) >= 11 is 0. The molecular formula is C60H106O6. The van der Waals surface area contributed by atoms with E-state index in [1.807, 2.05) is 0 Å². The Morgan fingerprint density at radius 2 is 0.545 bits per heavy atom. The fraction of sp³-hybridized carbons (Fsp3) is 0.783. The molecule has 0 rings (SSSR count). The predicted octanol–water partition coefficient (Wildman–Crippen LogP) is 18.8. The summed E-state index contributed by atoms with van der Waals surface area (Å²) in [5.74, 6) is -0.899. The average molecular weight is 924 g/mol. The Hall–Kier alpha value is -2.89. The number of hydrogen-bond donors (Lipinski definition) is 0. The van der Waals surface area contributed by atoms with Gasteiger partial charge in [0.15, 0.2) is 6.10 Å². The lowest BCUT2D eigenvalue weighted by molar-refractivity contribution is -0.167. The summed E-state index contributed by atoms with van der Waals surface area (Å²) < 4.78 is 16.8. The molecule has 382 valence electrons. The Kier molecular flexibility index (Phi) is 52.3. The van der Waals surface area contributed by atoms with Crippen molar-refractivity contribution in [2.45, 2.75) is 290 Å². The van der Waals surface area contributed by atoms with E-state index in [0.717, 1.165) is 103 Å². The van der Waals surface area contributed by atoms with E-state index in [0.29, 0.717) is 19.3 Å². The first-order valence-corrected chi connectivity index (χ1v) is 28.3. The van der Waals surface area contributed by atoms with Crippen molar-refractivity contribution in [1.82, 2.24) is 0 Å². The molecule has 0 saturated carbocycles. The topological polar surface area (TPSA) is 78.9 Å². The zero-order valence-electron chi connectivity index (χ0n) is 43.7. The monoisotopic (exact) mass is 923 g/mol. The lowest BCUT2D eigenvalue weighted by Crippen LogP contribution is -2.30. The van der Waals surface area contributed by atoms with Gasteiger partial charge < -0.3 is 14.2 Å². The van der Waals surface area contributed by atoms with Crippen molar-refractivity contribution in [2.75, 3.05) is 13.2 Å².